The summed E-state index contributed by atoms with van der Waals surface area (Å²) in [5, 5.41) is 6.51. The molecule has 0 bridgehead atoms. The summed E-state index contributed by atoms with van der Waals surface area (Å²) in [6, 6.07) is 9.98. The van der Waals surface area contributed by atoms with Crippen molar-refractivity contribution in [1.82, 2.24) is 15.5 Å². The number of benzene rings is 1. The minimum Gasteiger partial charge on any atom is -0.444 e. The molecule has 1 aromatic carbocycles. The highest BCUT2D eigenvalue weighted by Crippen LogP contribution is 2.15. The summed E-state index contributed by atoms with van der Waals surface area (Å²) in [7, 11) is -0.946. The Morgan fingerprint density at radius 1 is 1.29 bits per heavy atom. The van der Waals surface area contributed by atoms with Crippen molar-refractivity contribution in [3.8, 4) is 0 Å². The summed E-state index contributed by atoms with van der Waals surface area (Å²) >= 11 is 0. The summed E-state index contributed by atoms with van der Waals surface area (Å²) < 4.78 is 17.6. The molecule has 0 spiro atoms. The lowest BCUT2D eigenvalue weighted by molar-refractivity contribution is 0.00701. The number of hydrogen-bond acceptors (Lipinski definition) is 4. The van der Waals surface area contributed by atoms with Gasteiger partial charge in [-0.05, 0) is 33.3 Å². The fourth-order valence-corrected chi connectivity index (χ4v) is 3.65. The van der Waals surface area contributed by atoms with E-state index in [-0.39, 0.29) is 12.1 Å². The lowest BCUT2D eigenvalue weighted by atomic mass is 10.1. The molecular formula is C20H32N4O3S. The smallest absolute Gasteiger partial charge is 0.410 e. The number of amides is 1. The molecule has 28 heavy (non-hydrogen) atoms. The first kappa shape index (κ1) is 22.2. The molecule has 7 nitrogen and oxygen atoms in total. The third-order valence-corrected chi connectivity index (χ3v) is 5.27. The second-order valence-electron chi connectivity index (χ2n) is 7.76. The molecule has 1 fully saturated rings. The molecule has 1 aliphatic rings. The summed E-state index contributed by atoms with van der Waals surface area (Å²) in [6.07, 6.45) is -0.288. The van der Waals surface area contributed by atoms with Gasteiger partial charge in [0.2, 0.25) is 0 Å². The highest BCUT2D eigenvalue weighted by molar-refractivity contribution is 7.84. The van der Waals surface area contributed by atoms with Crippen molar-refractivity contribution < 1.29 is 13.7 Å². The first-order chi connectivity index (χ1) is 13.3. The van der Waals surface area contributed by atoms with E-state index in [1.165, 1.54) is 0 Å². The Hall–Kier alpha value is -2.09. The summed E-state index contributed by atoms with van der Waals surface area (Å²) in [5.41, 5.74) is 0.591. The minimum atomic E-state index is -0.946. The van der Waals surface area contributed by atoms with Crippen LogP contribution < -0.4 is 10.6 Å². The standard InChI is InChI=1S/C20H32N4O3S/c1-5-21-18(22-11-12-28(26)15-16-9-7-6-8-10-16)23-17-13-24(14-17)19(25)27-20(2,3)4/h6-10,17H,5,11-15H2,1-4H3,(H2,21,22,23). The molecule has 2 rings (SSSR count). The zero-order chi connectivity index (χ0) is 20.6. The Bertz CT molecular complexity index is 682. The Kier molecular flexibility index (Phi) is 8.29. The average molecular weight is 409 g/mol. The summed E-state index contributed by atoms with van der Waals surface area (Å²) in [6.45, 7) is 9.96. The van der Waals surface area contributed by atoms with Crippen LogP contribution in [0.4, 0.5) is 4.79 Å². The maximum absolute atomic E-state index is 12.2. The van der Waals surface area contributed by atoms with Gasteiger partial charge in [-0.1, -0.05) is 30.3 Å². The van der Waals surface area contributed by atoms with E-state index in [0.29, 0.717) is 37.1 Å². The molecule has 1 aliphatic heterocycles. The molecule has 8 heteroatoms. The maximum Gasteiger partial charge on any atom is 0.410 e. The van der Waals surface area contributed by atoms with Gasteiger partial charge in [0.15, 0.2) is 5.96 Å². The van der Waals surface area contributed by atoms with Crippen molar-refractivity contribution in [2.75, 3.05) is 31.9 Å². The minimum absolute atomic E-state index is 0.139. The van der Waals surface area contributed by atoms with Gasteiger partial charge in [-0.25, -0.2) is 4.79 Å². The highest BCUT2D eigenvalue weighted by atomic mass is 32.2. The van der Waals surface area contributed by atoms with Crippen LogP contribution >= 0.6 is 0 Å². The molecule has 1 unspecified atom stereocenters. The monoisotopic (exact) mass is 408 g/mol. The number of nitrogens with one attached hydrogen (secondary N) is 2. The number of carbonyl (C=O) groups excluding carboxylic acids is 1. The molecule has 2 N–H and O–H groups in total. The molecule has 0 radical (unpaired) electrons. The Labute approximate surface area is 170 Å². The fraction of sp³-hybridized carbons (Fsp3) is 0.600. The molecule has 1 saturated heterocycles. The lowest BCUT2D eigenvalue weighted by Crippen LogP contribution is -2.63. The Morgan fingerprint density at radius 2 is 1.96 bits per heavy atom. The molecule has 0 aromatic heterocycles. The predicted molar refractivity (Wildman–Crippen MR) is 114 cm³/mol. The highest BCUT2D eigenvalue weighted by Gasteiger charge is 2.34. The van der Waals surface area contributed by atoms with Crippen LogP contribution in [0.3, 0.4) is 0 Å². The third-order valence-electron chi connectivity index (χ3n) is 3.98. The van der Waals surface area contributed by atoms with Crippen molar-refractivity contribution in [2.24, 2.45) is 4.99 Å². The number of nitrogens with zero attached hydrogens (tertiary/aromatic N) is 2. The molecule has 1 amide bonds. The van der Waals surface area contributed by atoms with E-state index >= 15 is 0 Å². The molecule has 1 heterocycles. The van der Waals surface area contributed by atoms with Gasteiger partial charge in [0.25, 0.3) is 0 Å². The SMILES string of the molecule is CCNC(=NCCS(=O)Cc1ccccc1)NC1CN(C(=O)OC(C)(C)C)C1. The number of aliphatic imine (C=N–C) groups is 1. The van der Waals surface area contributed by atoms with Crippen LogP contribution in [0.25, 0.3) is 0 Å². The van der Waals surface area contributed by atoms with Crippen molar-refractivity contribution in [2.45, 2.75) is 45.1 Å². The molecule has 0 aliphatic carbocycles. The van der Waals surface area contributed by atoms with E-state index in [2.05, 4.69) is 15.6 Å². The molecule has 0 saturated carbocycles. The van der Waals surface area contributed by atoms with Crippen LogP contribution in [-0.2, 0) is 21.3 Å². The number of hydrogen-bond donors (Lipinski definition) is 2. The van der Waals surface area contributed by atoms with Gasteiger partial charge in [-0.2, -0.15) is 0 Å². The van der Waals surface area contributed by atoms with Crippen molar-refractivity contribution >= 4 is 22.9 Å². The van der Waals surface area contributed by atoms with Gasteiger partial charge >= 0.3 is 6.09 Å². The molecule has 1 atom stereocenters. The van der Waals surface area contributed by atoms with Crippen LogP contribution in [0.15, 0.2) is 35.3 Å². The quantitative estimate of drug-likeness (QED) is 0.533. The van der Waals surface area contributed by atoms with E-state index in [1.807, 2.05) is 58.0 Å². The van der Waals surface area contributed by atoms with E-state index in [1.54, 1.807) is 4.90 Å². The van der Waals surface area contributed by atoms with Crippen molar-refractivity contribution in [3.63, 3.8) is 0 Å². The number of rotatable bonds is 7. The van der Waals surface area contributed by atoms with Gasteiger partial charge in [0, 0.05) is 41.9 Å². The topological polar surface area (TPSA) is 83.0 Å². The Morgan fingerprint density at radius 3 is 2.57 bits per heavy atom. The number of likely N-dealkylation sites (tertiary alicyclic amines) is 1. The summed E-state index contributed by atoms with van der Waals surface area (Å²) in [5.74, 6) is 1.75. The van der Waals surface area contributed by atoms with E-state index in [0.717, 1.165) is 12.1 Å². The molecular weight excluding hydrogens is 376 g/mol. The van der Waals surface area contributed by atoms with Crippen LogP contribution in [0.2, 0.25) is 0 Å². The lowest BCUT2D eigenvalue weighted by Gasteiger charge is -2.40. The van der Waals surface area contributed by atoms with Crippen molar-refractivity contribution in [1.29, 1.82) is 0 Å². The van der Waals surface area contributed by atoms with Crippen LogP contribution in [0, 0.1) is 0 Å². The first-order valence-electron chi connectivity index (χ1n) is 9.68. The van der Waals surface area contributed by atoms with Crippen LogP contribution in [-0.4, -0.2) is 64.7 Å². The second-order valence-corrected chi connectivity index (χ2v) is 9.34. The van der Waals surface area contributed by atoms with Gasteiger partial charge in [0.1, 0.15) is 5.60 Å². The zero-order valence-electron chi connectivity index (χ0n) is 17.2. The van der Waals surface area contributed by atoms with Crippen LogP contribution in [0.1, 0.15) is 33.3 Å². The summed E-state index contributed by atoms with van der Waals surface area (Å²) in [4.78, 5) is 18.2. The Balaban J connectivity index is 1.74. The van der Waals surface area contributed by atoms with Crippen LogP contribution in [0.5, 0.6) is 0 Å². The van der Waals surface area contributed by atoms with Gasteiger partial charge < -0.3 is 20.3 Å². The zero-order valence-corrected chi connectivity index (χ0v) is 18.1. The van der Waals surface area contributed by atoms with E-state index in [9.17, 15) is 9.00 Å². The van der Waals surface area contributed by atoms with Crippen molar-refractivity contribution in [3.05, 3.63) is 35.9 Å². The fourth-order valence-electron chi connectivity index (χ4n) is 2.65. The molecule has 1 aromatic rings. The second kappa shape index (κ2) is 10.5. The normalized spacial score (nSPS) is 16.3. The first-order valence-corrected chi connectivity index (χ1v) is 11.2. The number of guanidine groups is 1. The number of carbonyl (C=O) groups is 1. The number of ether oxygens (including phenoxy) is 1. The average Bonchev–Trinajstić information content (AvgIpc) is 2.56. The molecule has 156 valence electrons. The predicted octanol–water partition coefficient (Wildman–Crippen LogP) is 2.11. The van der Waals surface area contributed by atoms with E-state index in [4.69, 9.17) is 4.74 Å². The van der Waals surface area contributed by atoms with Gasteiger partial charge in [-0.15, -0.1) is 0 Å². The maximum atomic E-state index is 12.2. The van der Waals surface area contributed by atoms with Gasteiger partial charge in [0.05, 0.1) is 12.6 Å². The third kappa shape index (κ3) is 7.88. The largest absolute Gasteiger partial charge is 0.444 e. The van der Waals surface area contributed by atoms with E-state index < -0.39 is 16.4 Å². The van der Waals surface area contributed by atoms with Gasteiger partial charge in [-0.3, -0.25) is 9.20 Å².